The third kappa shape index (κ3) is 1.60. The molecule has 1 unspecified atom stereocenters. The highest BCUT2D eigenvalue weighted by Gasteiger charge is 2.24. The normalized spacial score (nSPS) is 20.2. The van der Waals surface area contributed by atoms with Gasteiger partial charge < -0.3 is 5.32 Å². The Labute approximate surface area is 92.2 Å². The van der Waals surface area contributed by atoms with Crippen molar-refractivity contribution in [2.75, 3.05) is 0 Å². The Morgan fingerprint density at radius 1 is 1.43 bits per heavy atom. The summed E-state index contributed by atoms with van der Waals surface area (Å²) in [5.74, 6) is -0.111. The van der Waals surface area contributed by atoms with E-state index in [1.54, 1.807) is 12.1 Å². The Kier molecular flexibility index (Phi) is 2.41. The van der Waals surface area contributed by atoms with E-state index in [1.165, 1.54) is 0 Å². The topological polar surface area (TPSA) is 29.1 Å². The fourth-order valence-corrected chi connectivity index (χ4v) is 2.34. The Morgan fingerprint density at radius 3 is 2.86 bits per heavy atom. The summed E-state index contributed by atoms with van der Waals surface area (Å²) in [5, 5.41) is 3.84. The van der Waals surface area contributed by atoms with Crippen molar-refractivity contribution in [3.8, 4) is 0 Å². The smallest absolute Gasteiger partial charge is 0.253 e. The van der Waals surface area contributed by atoms with E-state index in [-0.39, 0.29) is 11.9 Å². The molecule has 0 fully saturated rings. The molecule has 0 bridgehead atoms. The van der Waals surface area contributed by atoms with Crippen LogP contribution in [0.2, 0.25) is 10.0 Å². The first-order chi connectivity index (χ1) is 6.58. The lowest BCUT2D eigenvalue weighted by molar-refractivity contribution is 0.0929. The van der Waals surface area contributed by atoms with Crippen LogP contribution < -0.4 is 5.32 Å². The van der Waals surface area contributed by atoms with Gasteiger partial charge in [-0.3, -0.25) is 4.79 Å². The molecule has 0 radical (unpaired) electrons. The molecule has 1 heterocycles. The number of nitrogens with one attached hydrogen (secondary N) is 1. The number of hydrogen-bond acceptors (Lipinski definition) is 1. The van der Waals surface area contributed by atoms with Crippen LogP contribution in [0.1, 0.15) is 22.8 Å². The Hall–Kier alpha value is -0.730. The van der Waals surface area contributed by atoms with Gasteiger partial charge >= 0.3 is 0 Å². The highest BCUT2D eigenvalue weighted by molar-refractivity contribution is 6.37. The summed E-state index contributed by atoms with van der Waals surface area (Å²) < 4.78 is 0. The van der Waals surface area contributed by atoms with Gasteiger partial charge in [-0.15, -0.1) is 0 Å². The van der Waals surface area contributed by atoms with Crippen LogP contribution in [-0.4, -0.2) is 11.9 Å². The van der Waals surface area contributed by atoms with Gasteiger partial charge in [-0.05, 0) is 31.0 Å². The van der Waals surface area contributed by atoms with Gasteiger partial charge in [0.25, 0.3) is 5.91 Å². The fraction of sp³-hybridized carbons (Fsp3) is 0.300. The maximum atomic E-state index is 11.6. The summed E-state index contributed by atoms with van der Waals surface area (Å²) in [6.07, 6.45) is 0.779. The molecule has 2 nitrogen and oxygen atoms in total. The molecule has 0 saturated heterocycles. The van der Waals surface area contributed by atoms with Crippen LogP contribution >= 0.6 is 23.2 Å². The average molecular weight is 230 g/mol. The first-order valence-corrected chi connectivity index (χ1v) is 5.12. The first kappa shape index (κ1) is 9.81. The first-order valence-electron chi connectivity index (χ1n) is 4.36. The second-order valence-corrected chi connectivity index (χ2v) is 4.34. The van der Waals surface area contributed by atoms with Gasteiger partial charge in [0.15, 0.2) is 0 Å². The molecule has 1 amide bonds. The molecule has 1 aromatic rings. The van der Waals surface area contributed by atoms with E-state index in [0.717, 1.165) is 12.0 Å². The summed E-state index contributed by atoms with van der Waals surface area (Å²) in [4.78, 5) is 11.6. The molecule has 1 N–H and O–H groups in total. The van der Waals surface area contributed by atoms with Crippen LogP contribution in [-0.2, 0) is 6.42 Å². The number of carbonyl (C=O) groups excluding carboxylic acids is 1. The van der Waals surface area contributed by atoms with Gasteiger partial charge in [0.05, 0.1) is 10.6 Å². The second-order valence-electron chi connectivity index (χ2n) is 3.50. The van der Waals surface area contributed by atoms with Gasteiger partial charge in [-0.2, -0.15) is 0 Å². The lowest BCUT2D eigenvalue weighted by Gasteiger charge is -2.23. The number of amides is 1. The van der Waals surface area contributed by atoms with E-state index in [0.29, 0.717) is 15.6 Å². The van der Waals surface area contributed by atoms with Crippen molar-refractivity contribution in [3.63, 3.8) is 0 Å². The molecule has 0 spiro atoms. The van der Waals surface area contributed by atoms with Crippen molar-refractivity contribution < 1.29 is 4.79 Å². The van der Waals surface area contributed by atoms with Crippen molar-refractivity contribution in [1.82, 2.24) is 5.32 Å². The summed E-state index contributed by atoms with van der Waals surface area (Å²) in [6.45, 7) is 1.95. The fourth-order valence-electron chi connectivity index (χ4n) is 1.72. The van der Waals surface area contributed by atoms with Crippen molar-refractivity contribution >= 4 is 29.1 Å². The molecule has 2 rings (SSSR count). The summed E-state index contributed by atoms with van der Waals surface area (Å²) >= 11 is 11.8. The van der Waals surface area contributed by atoms with Gasteiger partial charge in [0.2, 0.25) is 0 Å². The predicted molar refractivity (Wildman–Crippen MR) is 57.1 cm³/mol. The summed E-state index contributed by atoms with van der Waals surface area (Å²) in [6, 6.07) is 3.54. The number of halogens is 2. The molecule has 1 aromatic carbocycles. The number of benzene rings is 1. The zero-order valence-electron chi connectivity index (χ0n) is 7.60. The van der Waals surface area contributed by atoms with Crippen LogP contribution in [0.4, 0.5) is 0 Å². The quantitative estimate of drug-likeness (QED) is 0.729. The number of fused-ring (bicyclic) bond motifs is 1. The lowest BCUT2D eigenvalue weighted by atomic mass is 9.96. The minimum atomic E-state index is -0.111. The van der Waals surface area contributed by atoms with Crippen LogP contribution in [0.25, 0.3) is 0 Å². The van der Waals surface area contributed by atoms with E-state index < -0.39 is 0 Å². The number of rotatable bonds is 0. The molecule has 14 heavy (non-hydrogen) atoms. The molecule has 1 atom stereocenters. The molecular formula is C10H9Cl2NO. The second kappa shape index (κ2) is 3.44. The maximum absolute atomic E-state index is 11.6. The van der Waals surface area contributed by atoms with Crippen molar-refractivity contribution in [1.29, 1.82) is 0 Å². The molecule has 74 valence electrons. The summed E-state index contributed by atoms with van der Waals surface area (Å²) in [7, 11) is 0. The Bertz CT molecular complexity index is 403. The molecule has 4 heteroatoms. The zero-order chi connectivity index (χ0) is 10.3. The third-order valence-corrected chi connectivity index (χ3v) is 2.78. The predicted octanol–water partition coefficient (Wildman–Crippen LogP) is 2.67. The Morgan fingerprint density at radius 2 is 2.14 bits per heavy atom. The van der Waals surface area contributed by atoms with Crippen molar-refractivity contribution in [2.45, 2.75) is 19.4 Å². The molecule has 1 aliphatic heterocycles. The standard InChI is InChI=1S/C10H9Cl2NO/c1-5-2-6-3-7(11)4-8(12)9(6)10(14)13-5/h3-5H,2H2,1H3,(H,13,14). The molecule has 0 aliphatic carbocycles. The molecular weight excluding hydrogens is 221 g/mol. The van der Waals surface area contributed by atoms with Crippen molar-refractivity contribution in [2.24, 2.45) is 0 Å². The monoisotopic (exact) mass is 229 g/mol. The highest BCUT2D eigenvalue weighted by atomic mass is 35.5. The van der Waals surface area contributed by atoms with Crippen LogP contribution in [0.3, 0.4) is 0 Å². The maximum Gasteiger partial charge on any atom is 0.253 e. The van der Waals surface area contributed by atoms with E-state index in [9.17, 15) is 4.79 Å². The van der Waals surface area contributed by atoms with Gasteiger partial charge in [-0.1, -0.05) is 23.2 Å². The van der Waals surface area contributed by atoms with Crippen molar-refractivity contribution in [3.05, 3.63) is 33.3 Å². The minimum absolute atomic E-state index is 0.111. The average Bonchev–Trinajstić information content (AvgIpc) is 1.99. The summed E-state index contributed by atoms with van der Waals surface area (Å²) in [5.41, 5.74) is 1.49. The van der Waals surface area contributed by atoms with E-state index in [4.69, 9.17) is 23.2 Å². The zero-order valence-corrected chi connectivity index (χ0v) is 9.12. The lowest BCUT2D eigenvalue weighted by Crippen LogP contribution is -2.39. The van der Waals surface area contributed by atoms with Gasteiger partial charge in [0.1, 0.15) is 0 Å². The van der Waals surface area contributed by atoms with Gasteiger partial charge in [-0.25, -0.2) is 0 Å². The third-order valence-electron chi connectivity index (χ3n) is 2.27. The molecule has 0 aromatic heterocycles. The number of carbonyl (C=O) groups is 1. The number of hydrogen-bond donors (Lipinski definition) is 1. The molecule has 0 saturated carbocycles. The van der Waals surface area contributed by atoms with Gasteiger partial charge in [0, 0.05) is 11.1 Å². The van der Waals surface area contributed by atoms with Crippen LogP contribution in [0.15, 0.2) is 12.1 Å². The SMILES string of the molecule is CC1Cc2cc(Cl)cc(Cl)c2C(=O)N1. The largest absolute Gasteiger partial charge is 0.349 e. The van der Waals surface area contributed by atoms with Crippen LogP contribution in [0.5, 0.6) is 0 Å². The van der Waals surface area contributed by atoms with E-state index >= 15 is 0 Å². The minimum Gasteiger partial charge on any atom is -0.349 e. The Balaban J connectivity index is 2.59. The highest BCUT2D eigenvalue weighted by Crippen LogP contribution is 2.28. The van der Waals surface area contributed by atoms with Crippen LogP contribution in [0, 0.1) is 0 Å². The molecule has 1 aliphatic rings. The van der Waals surface area contributed by atoms with E-state index in [1.807, 2.05) is 6.92 Å². The van der Waals surface area contributed by atoms with E-state index in [2.05, 4.69) is 5.32 Å².